The van der Waals surface area contributed by atoms with Crippen molar-refractivity contribution in [3.05, 3.63) is 56.0 Å². The Kier molecular flexibility index (Phi) is 10.8. The van der Waals surface area contributed by atoms with Crippen molar-refractivity contribution in [1.29, 1.82) is 0 Å². The molecule has 0 amide bonds. The summed E-state index contributed by atoms with van der Waals surface area (Å²) in [6, 6.07) is 9.24. The first-order valence-corrected chi connectivity index (χ1v) is 16.7. The Balaban J connectivity index is 1.89. The molecular formula is C20H26S8. The van der Waals surface area contributed by atoms with Gasteiger partial charge in [0.15, 0.2) is 0 Å². The molecule has 0 radical (unpaired) electrons. The Morgan fingerprint density at radius 1 is 0.821 bits per heavy atom. The van der Waals surface area contributed by atoms with Gasteiger partial charge in [0, 0.05) is 44.7 Å². The predicted molar refractivity (Wildman–Crippen MR) is 150 cm³/mol. The number of hydrogen-bond acceptors (Lipinski definition) is 8. The highest BCUT2D eigenvalue weighted by molar-refractivity contribution is 8.23. The van der Waals surface area contributed by atoms with Crippen molar-refractivity contribution in [1.82, 2.24) is 0 Å². The van der Waals surface area contributed by atoms with E-state index >= 15 is 0 Å². The van der Waals surface area contributed by atoms with Crippen molar-refractivity contribution in [2.75, 3.05) is 35.5 Å². The zero-order valence-electron chi connectivity index (χ0n) is 15.9. The van der Waals surface area contributed by atoms with Crippen LogP contribution in [-0.2, 0) is 0 Å². The molecule has 0 aromatic heterocycles. The third-order valence-corrected chi connectivity index (χ3v) is 13.0. The Bertz CT molecular complexity index is 642. The van der Waals surface area contributed by atoms with Crippen LogP contribution in [0.3, 0.4) is 0 Å². The van der Waals surface area contributed by atoms with Crippen LogP contribution in [0.2, 0.25) is 0 Å². The van der Waals surface area contributed by atoms with Gasteiger partial charge < -0.3 is 0 Å². The van der Waals surface area contributed by atoms with E-state index in [1.807, 2.05) is 70.6 Å². The highest BCUT2D eigenvalue weighted by Crippen LogP contribution is 2.52. The fourth-order valence-corrected chi connectivity index (χ4v) is 11.7. The number of thioether (sulfide) groups is 6. The van der Waals surface area contributed by atoms with Gasteiger partial charge in [0.2, 0.25) is 0 Å². The Morgan fingerprint density at radius 3 is 1.57 bits per heavy atom. The van der Waals surface area contributed by atoms with Gasteiger partial charge in [-0.25, -0.2) is 0 Å². The third kappa shape index (κ3) is 6.05. The summed E-state index contributed by atoms with van der Waals surface area (Å²) in [5.74, 6) is 5.12. The van der Waals surface area contributed by atoms with Crippen LogP contribution in [-0.4, -0.2) is 44.7 Å². The van der Waals surface area contributed by atoms with Crippen molar-refractivity contribution in [3.63, 3.8) is 0 Å². The average molecular weight is 523 g/mol. The summed E-state index contributed by atoms with van der Waals surface area (Å²) in [5, 5.41) is 4.65. The molecule has 154 valence electrons. The van der Waals surface area contributed by atoms with E-state index in [1.165, 1.54) is 9.81 Å². The van der Waals surface area contributed by atoms with Crippen LogP contribution >= 0.6 is 95.8 Å². The molecule has 0 spiro atoms. The maximum absolute atomic E-state index is 4.49. The Hall–Kier alpha value is 1.50. The molecule has 4 atom stereocenters. The van der Waals surface area contributed by atoms with Crippen molar-refractivity contribution in [2.24, 2.45) is 0 Å². The quantitative estimate of drug-likeness (QED) is 0.299. The zero-order valence-corrected chi connectivity index (χ0v) is 22.6. The first kappa shape index (κ1) is 24.1. The second-order valence-electron chi connectivity index (χ2n) is 6.48. The fourth-order valence-electron chi connectivity index (χ4n) is 3.37. The molecule has 3 rings (SSSR count). The van der Waals surface area contributed by atoms with Gasteiger partial charge in [-0.2, -0.15) is 48.8 Å². The van der Waals surface area contributed by atoms with Crippen LogP contribution in [0.15, 0.2) is 44.9 Å². The third-order valence-electron chi connectivity index (χ3n) is 4.66. The highest BCUT2D eigenvalue weighted by atomic mass is 32.2. The molecule has 2 aliphatic heterocycles. The normalized spacial score (nSPS) is 24.1. The molecule has 0 aliphatic carbocycles. The summed E-state index contributed by atoms with van der Waals surface area (Å²) in [6.45, 7) is 0. The molecule has 0 nitrogen and oxygen atoms in total. The predicted octanol–water partition coefficient (Wildman–Crippen LogP) is 7.73. The summed E-state index contributed by atoms with van der Waals surface area (Å²) >= 11 is 20.9. The van der Waals surface area contributed by atoms with Gasteiger partial charge in [-0.3, -0.25) is 0 Å². The maximum atomic E-state index is 4.49. The number of benzene rings is 1. The summed E-state index contributed by atoms with van der Waals surface area (Å²) < 4.78 is 1.11. The lowest BCUT2D eigenvalue weighted by Gasteiger charge is -2.30. The van der Waals surface area contributed by atoms with Crippen molar-refractivity contribution < 1.29 is 0 Å². The summed E-state index contributed by atoms with van der Waals surface area (Å²) in [4.78, 5) is 2.82. The van der Waals surface area contributed by atoms with Gasteiger partial charge in [0.1, 0.15) is 0 Å². The first-order chi connectivity index (χ1) is 13.7. The Morgan fingerprint density at radius 2 is 1.25 bits per heavy atom. The number of thiol groups is 2. The van der Waals surface area contributed by atoms with E-state index in [0.29, 0.717) is 21.0 Å². The van der Waals surface area contributed by atoms with E-state index in [9.17, 15) is 0 Å². The smallest absolute Gasteiger partial charge is 0.0664 e. The largest absolute Gasteiger partial charge is 0.174 e. The molecule has 0 bridgehead atoms. The number of hydrogen-bond donors (Lipinski definition) is 2. The summed E-state index contributed by atoms with van der Waals surface area (Å²) in [6.07, 6.45) is 4.47. The standard InChI is InChI=1S/C20H26S8/c1-23-11-17(19-25-9-13(7-21)27-19)15-5-3-4-6-16(15)18(12-24-2)20-26-10-14(8-22)28-20/h3-6,9-10,17-22H,7-8,11-12H2,1-2H3. The average Bonchev–Trinajstić information content (AvgIpc) is 3.40. The molecule has 8 heteroatoms. The Labute approximate surface area is 206 Å². The summed E-state index contributed by atoms with van der Waals surface area (Å²) in [5.41, 5.74) is 3.10. The topological polar surface area (TPSA) is 0 Å². The van der Waals surface area contributed by atoms with Crippen LogP contribution in [0.4, 0.5) is 0 Å². The van der Waals surface area contributed by atoms with Gasteiger partial charge in [-0.05, 0) is 34.5 Å². The zero-order chi connectivity index (χ0) is 19.9. The fraction of sp³-hybridized carbons (Fsp3) is 0.500. The van der Waals surface area contributed by atoms with Crippen LogP contribution in [0.5, 0.6) is 0 Å². The van der Waals surface area contributed by atoms with Gasteiger partial charge >= 0.3 is 0 Å². The van der Waals surface area contributed by atoms with E-state index in [0.717, 1.165) is 23.0 Å². The monoisotopic (exact) mass is 522 g/mol. The molecule has 0 N–H and O–H groups in total. The minimum Gasteiger partial charge on any atom is -0.174 e. The highest BCUT2D eigenvalue weighted by Gasteiger charge is 2.34. The molecule has 1 aromatic carbocycles. The molecule has 0 saturated carbocycles. The van der Waals surface area contributed by atoms with Gasteiger partial charge in [0.05, 0.1) is 9.16 Å². The summed E-state index contributed by atoms with van der Waals surface area (Å²) in [7, 11) is 0. The molecule has 28 heavy (non-hydrogen) atoms. The second kappa shape index (κ2) is 12.5. The molecule has 4 unspecified atom stereocenters. The minimum absolute atomic E-state index is 0.549. The lowest BCUT2D eigenvalue weighted by molar-refractivity contribution is 0.791. The van der Waals surface area contributed by atoms with Gasteiger partial charge in [-0.15, -0.1) is 47.0 Å². The second-order valence-corrected chi connectivity index (χ2v) is 14.1. The van der Waals surface area contributed by atoms with E-state index in [4.69, 9.17) is 0 Å². The first-order valence-electron chi connectivity index (χ1n) is 9.02. The van der Waals surface area contributed by atoms with Crippen LogP contribution in [0, 0.1) is 0 Å². The van der Waals surface area contributed by atoms with Crippen LogP contribution in [0.1, 0.15) is 23.0 Å². The van der Waals surface area contributed by atoms with E-state index < -0.39 is 0 Å². The van der Waals surface area contributed by atoms with Crippen molar-refractivity contribution >= 4 is 95.8 Å². The molecular weight excluding hydrogens is 497 g/mol. The SMILES string of the molecule is CSCC(c1ccccc1C(CSC)C1SC=C(CS)S1)C1SC=C(CS)S1. The molecule has 1 aromatic rings. The van der Waals surface area contributed by atoms with E-state index in [2.05, 4.69) is 72.9 Å². The number of rotatable bonds is 10. The maximum Gasteiger partial charge on any atom is 0.0664 e. The minimum atomic E-state index is 0.549. The van der Waals surface area contributed by atoms with E-state index in [-0.39, 0.29) is 0 Å². The lowest BCUT2D eigenvalue weighted by Crippen LogP contribution is -2.20. The molecule has 2 aliphatic rings. The lowest BCUT2D eigenvalue weighted by atomic mass is 9.90. The van der Waals surface area contributed by atoms with Crippen LogP contribution in [0.25, 0.3) is 0 Å². The molecule has 2 heterocycles. The van der Waals surface area contributed by atoms with Gasteiger partial charge in [-0.1, -0.05) is 24.3 Å². The van der Waals surface area contributed by atoms with E-state index in [1.54, 1.807) is 11.1 Å². The van der Waals surface area contributed by atoms with Gasteiger partial charge in [0.25, 0.3) is 0 Å². The molecule has 0 saturated heterocycles. The van der Waals surface area contributed by atoms with Crippen LogP contribution < -0.4 is 0 Å². The van der Waals surface area contributed by atoms with Crippen molar-refractivity contribution in [2.45, 2.75) is 21.0 Å². The molecule has 0 fully saturated rings. The van der Waals surface area contributed by atoms with Crippen molar-refractivity contribution in [3.8, 4) is 0 Å².